The number of amides is 1. The molecule has 0 bridgehead atoms. The van der Waals surface area contributed by atoms with Crippen molar-refractivity contribution < 1.29 is 15.0 Å². The van der Waals surface area contributed by atoms with Crippen LogP contribution < -0.4 is 4.90 Å². The summed E-state index contributed by atoms with van der Waals surface area (Å²) in [7, 11) is 0. The molecule has 122 valence electrons. The van der Waals surface area contributed by atoms with Gasteiger partial charge in [0.2, 0.25) is 0 Å². The minimum Gasteiger partial charge on any atom is -0.508 e. The average Bonchev–Trinajstić information content (AvgIpc) is 2.47. The predicted molar refractivity (Wildman–Crippen MR) is 90.0 cm³/mol. The number of aromatic hydroxyl groups is 2. The number of benzene rings is 1. The van der Waals surface area contributed by atoms with E-state index in [9.17, 15) is 15.0 Å². The van der Waals surface area contributed by atoms with Crippen LogP contribution in [0.25, 0.3) is 0 Å². The summed E-state index contributed by atoms with van der Waals surface area (Å²) < 4.78 is 0. The number of phenols is 2. The lowest BCUT2D eigenvalue weighted by molar-refractivity contribution is 0.0977. The van der Waals surface area contributed by atoms with E-state index in [1.54, 1.807) is 35.5 Å². The first kappa shape index (κ1) is 16.8. The lowest BCUT2D eigenvalue weighted by Gasteiger charge is -2.27. The van der Waals surface area contributed by atoms with Crippen LogP contribution in [-0.4, -0.2) is 27.1 Å². The van der Waals surface area contributed by atoms with E-state index in [-0.39, 0.29) is 34.9 Å². The molecule has 1 heterocycles. The molecule has 1 aromatic carbocycles. The number of phenolic OH excluding ortho intramolecular Hbond substituents is 2. The summed E-state index contributed by atoms with van der Waals surface area (Å²) >= 11 is 0. The zero-order valence-electron chi connectivity index (χ0n) is 13.8. The molecule has 0 unspecified atom stereocenters. The Morgan fingerprint density at radius 3 is 2.17 bits per heavy atom. The summed E-state index contributed by atoms with van der Waals surface area (Å²) in [5, 5.41) is 20.1. The predicted octanol–water partition coefficient (Wildman–Crippen LogP) is 3.67. The molecule has 1 amide bonds. The number of nitrogens with zero attached hydrogens (tertiary/aromatic N) is 2. The SMILES string of the molecule is CC(C)c1cc(C(=O)N(c2ccncc2)C(C)C)c(O)cc1O. The third-order valence-corrected chi connectivity index (χ3v) is 3.67. The standard InChI is InChI=1S/C18H22N2O3/c1-11(2)14-9-15(17(22)10-16(14)21)18(23)20(12(3)4)13-5-7-19-8-6-13/h5-12,21-22H,1-4H3. The smallest absolute Gasteiger partial charge is 0.262 e. The van der Waals surface area contributed by atoms with E-state index in [0.29, 0.717) is 11.3 Å². The third kappa shape index (κ3) is 3.44. The Kier molecular flexibility index (Phi) is 4.89. The zero-order valence-corrected chi connectivity index (χ0v) is 13.8. The Hall–Kier alpha value is -2.56. The molecule has 2 aromatic rings. The van der Waals surface area contributed by atoms with Crippen molar-refractivity contribution in [1.29, 1.82) is 0 Å². The van der Waals surface area contributed by atoms with Crippen molar-refractivity contribution in [2.45, 2.75) is 39.7 Å². The summed E-state index contributed by atoms with van der Waals surface area (Å²) in [6.45, 7) is 7.64. The van der Waals surface area contributed by atoms with Crippen LogP contribution >= 0.6 is 0 Å². The van der Waals surface area contributed by atoms with E-state index in [0.717, 1.165) is 0 Å². The molecule has 0 atom stereocenters. The molecule has 0 radical (unpaired) electrons. The Morgan fingerprint density at radius 2 is 1.65 bits per heavy atom. The van der Waals surface area contributed by atoms with Gasteiger partial charge < -0.3 is 15.1 Å². The maximum absolute atomic E-state index is 13.0. The van der Waals surface area contributed by atoms with E-state index in [4.69, 9.17) is 0 Å². The molecular formula is C18H22N2O3. The van der Waals surface area contributed by atoms with E-state index in [1.165, 1.54) is 6.07 Å². The number of hydrogen-bond acceptors (Lipinski definition) is 4. The van der Waals surface area contributed by atoms with Gasteiger partial charge in [0.25, 0.3) is 5.91 Å². The average molecular weight is 314 g/mol. The number of aromatic nitrogens is 1. The molecule has 2 N–H and O–H groups in total. The highest BCUT2D eigenvalue weighted by Gasteiger charge is 2.25. The van der Waals surface area contributed by atoms with E-state index >= 15 is 0 Å². The molecule has 2 rings (SSSR count). The maximum Gasteiger partial charge on any atom is 0.262 e. The number of carbonyl (C=O) groups is 1. The van der Waals surface area contributed by atoms with Crippen molar-refractivity contribution in [1.82, 2.24) is 4.98 Å². The second-order valence-electron chi connectivity index (χ2n) is 6.06. The first-order valence-electron chi connectivity index (χ1n) is 7.62. The van der Waals surface area contributed by atoms with Gasteiger partial charge in [-0.1, -0.05) is 13.8 Å². The second-order valence-corrected chi connectivity index (χ2v) is 6.06. The molecule has 5 nitrogen and oxygen atoms in total. The number of hydrogen-bond donors (Lipinski definition) is 2. The van der Waals surface area contributed by atoms with Crippen molar-refractivity contribution in [2.24, 2.45) is 0 Å². The Morgan fingerprint density at radius 1 is 1.04 bits per heavy atom. The fourth-order valence-corrected chi connectivity index (χ4v) is 2.51. The van der Waals surface area contributed by atoms with Gasteiger partial charge >= 0.3 is 0 Å². The highest BCUT2D eigenvalue weighted by atomic mass is 16.3. The first-order chi connectivity index (χ1) is 10.8. The van der Waals surface area contributed by atoms with Crippen LogP contribution in [0.4, 0.5) is 5.69 Å². The van der Waals surface area contributed by atoms with Gasteiger partial charge in [-0.25, -0.2) is 0 Å². The zero-order chi connectivity index (χ0) is 17.1. The molecule has 1 aromatic heterocycles. The molecule has 23 heavy (non-hydrogen) atoms. The lowest BCUT2D eigenvalue weighted by Crippen LogP contribution is -2.37. The van der Waals surface area contributed by atoms with Gasteiger partial charge in [0.15, 0.2) is 0 Å². The number of anilines is 1. The molecule has 5 heteroatoms. The van der Waals surface area contributed by atoms with Crippen LogP contribution in [0.2, 0.25) is 0 Å². The number of pyridine rings is 1. The number of rotatable bonds is 4. The fraction of sp³-hybridized carbons (Fsp3) is 0.333. The Labute approximate surface area is 136 Å². The van der Waals surface area contributed by atoms with Gasteiger partial charge in [0.1, 0.15) is 11.5 Å². The molecule has 0 saturated heterocycles. The van der Waals surface area contributed by atoms with Gasteiger partial charge in [-0.05, 0) is 43.5 Å². The van der Waals surface area contributed by atoms with Gasteiger partial charge in [-0.15, -0.1) is 0 Å². The van der Waals surface area contributed by atoms with Crippen molar-refractivity contribution >= 4 is 11.6 Å². The topological polar surface area (TPSA) is 73.7 Å². The highest BCUT2D eigenvalue weighted by molar-refractivity contribution is 6.08. The quantitative estimate of drug-likeness (QED) is 0.903. The van der Waals surface area contributed by atoms with Gasteiger partial charge in [0.05, 0.1) is 5.56 Å². The normalized spacial score (nSPS) is 11.0. The molecule has 0 fully saturated rings. The minimum atomic E-state index is -0.314. The largest absolute Gasteiger partial charge is 0.508 e. The molecule has 0 aliphatic heterocycles. The highest BCUT2D eigenvalue weighted by Crippen LogP contribution is 2.33. The lowest BCUT2D eigenvalue weighted by atomic mass is 9.98. The van der Waals surface area contributed by atoms with Crippen LogP contribution in [0.1, 0.15) is 49.5 Å². The molecule has 0 aliphatic carbocycles. The van der Waals surface area contributed by atoms with Crippen molar-refractivity contribution in [3.05, 3.63) is 47.8 Å². The third-order valence-electron chi connectivity index (χ3n) is 3.67. The van der Waals surface area contributed by atoms with Crippen molar-refractivity contribution in [2.75, 3.05) is 4.90 Å². The van der Waals surface area contributed by atoms with Gasteiger partial charge in [-0.3, -0.25) is 9.78 Å². The van der Waals surface area contributed by atoms with E-state index < -0.39 is 0 Å². The van der Waals surface area contributed by atoms with Crippen molar-refractivity contribution in [3.8, 4) is 11.5 Å². The minimum absolute atomic E-state index is 0.00550. The van der Waals surface area contributed by atoms with Crippen LogP contribution in [0, 0.1) is 0 Å². The van der Waals surface area contributed by atoms with Crippen LogP contribution in [0.3, 0.4) is 0 Å². The number of carbonyl (C=O) groups excluding carboxylic acids is 1. The Bertz CT molecular complexity index is 697. The van der Waals surface area contributed by atoms with Gasteiger partial charge in [-0.2, -0.15) is 0 Å². The molecule has 0 spiro atoms. The van der Waals surface area contributed by atoms with Gasteiger partial charge in [0, 0.05) is 30.2 Å². The van der Waals surface area contributed by atoms with Crippen molar-refractivity contribution in [3.63, 3.8) is 0 Å². The molecule has 0 saturated carbocycles. The monoisotopic (exact) mass is 314 g/mol. The summed E-state index contributed by atoms with van der Waals surface area (Å²) in [6.07, 6.45) is 3.24. The Balaban J connectivity index is 2.51. The maximum atomic E-state index is 13.0. The van der Waals surface area contributed by atoms with Crippen LogP contribution in [0.15, 0.2) is 36.7 Å². The first-order valence-corrected chi connectivity index (χ1v) is 7.62. The second kappa shape index (κ2) is 6.69. The summed E-state index contributed by atoms with van der Waals surface area (Å²) in [5.41, 5.74) is 1.51. The van der Waals surface area contributed by atoms with Crippen LogP contribution in [0.5, 0.6) is 11.5 Å². The summed E-state index contributed by atoms with van der Waals surface area (Å²) in [4.78, 5) is 18.5. The molecule has 0 aliphatic rings. The van der Waals surface area contributed by atoms with Crippen LogP contribution in [-0.2, 0) is 0 Å². The van der Waals surface area contributed by atoms with E-state index in [1.807, 2.05) is 27.7 Å². The molecular weight excluding hydrogens is 292 g/mol. The summed E-state index contributed by atoms with van der Waals surface area (Å²) in [6, 6.07) is 6.19. The fourth-order valence-electron chi connectivity index (χ4n) is 2.51. The van der Waals surface area contributed by atoms with E-state index in [2.05, 4.69) is 4.98 Å². The summed E-state index contributed by atoms with van der Waals surface area (Å²) in [5.74, 6) is -0.508.